The highest BCUT2D eigenvalue weighted by molar-refractivity contribution is 7.91. The van der Waals surface area contributed by atoms with Crippen LogP contribution >= 0.6 is 0 Å². The molecule has 0 aliphatic rings. The van der Waals surface area contributed by atoms with Gasteiger partial charge >= 0.3 is 0 Å². The lowest BCUT2D eigenvalue weighted by Crippen LogP contribution is -2.06. The molecule has 0 fully saturated rings. The minimum absolute atomic E-state index is 0.0409. The van der Waals surface area contributed by atoms with Crippen LogP contribution in [0.3, 0.4) is 0 Å². The van der Waals surface area contributed by atoms with Gasteiger partial charge in [0.05, 0.1) is 15.6 Å². The maximum atomic E-state index is 11.6. The SMILES string of the molecule is CCS(=O)(=O)c1cc([N+](=O)[O-])ccc1C. The van der Waals surface area contributed by atoms with Crippen LogP contribution in [-0.4, -0.2) is 19.1 Å². The van der Waals surface area contributed by atoms with Crippen molar-refractivity contribution >= 4 is 15.5 Å². The fourth-order valence-electron chi connectivity index (χ4n) is 1.19. The standard InChI is InChI=1S/C9H11NO4S/c1-3-15(13,14)9-6-8(10(11)12)5-4-7(9)2/h4-6H,3H2,1-2H3. The maximum absolute atomic E-state index is 11.6. The van der Waals surface area contributed by atoms with Gasteiger partial charge in [0.25, 0.3) is 5.69 Å². The Bertz CT molecular complexity index is 493. The summed E-state index contributed by atoms with van der Waals surface area (Å²) in [4.78, 5) is 9.93. The van der Waals surface area contributed by atoms with Crippen LogP contribution in [0.25, 0.3) is 0 Å². The summed E-state index contributed by atoms with van der Waals surface area (Å²) >= 11 is 0. The van der Waals surface area contributed by atoms with E-state index < -0.39 is 14.8 Å². The number of benzene rings is 1. The zero-order valence-corrected chi connectivity index (χ0v) is 9.24. The Kier molecular flexibility index (Phi) is 3.09. The fourth-order valence-corrected chi connectivity index (χ4v) is 2.36. The molecule has 5 nitrogen and oxygen atoms in total. The number of nitro groups is 1. The van der Waals surface area contributed by atoms with E-state index in [0.29, 0.717) is 5.56 Å². The van der Waals surface area contributed by atoms with Crippen molar-refractivity contribution in [3.05, 3.63) is 33.9 Å². The molecular formula is C9H11NO4S. The third kappa shape index (κ3) is 2.33. The predicted molar refractivity (Wildman–Crippen MR) is 55.6 cm³/mol. The van der Waals surface area contributed by atoms with Crippen molar-refractivity contribution in [2.75, 3.05) is 5.75 Å². The lowest BCUT2D eigenvalue weighted by Gasteiger charge is -2.04. The first-order chi connectivity index (χ1) is 6.88. The molecule has 15 heavy (non-hydrogen) atoms. The van der Waals surface area contributed by atoms with Gasteiger partial charge in [-0.2, -0.15) is 0 Å². The zero-order chi connectivity index (χ0) is 11.6. The Morgan fingerprint density at radius 2 is 2.00 bits per heavy atom. The van der Waals surface area contributed by atoms with E-state index in [1.807, 2.05) is 0 Å². The zero-order valence-electron chi connectivity index (χ0n) is 8.43. The van der Waals surface area contributed by atoms with Crippen molar-refractivity contribution in [3.63, 3.8) is 0 Å². The number of sulfone groups is 1. The van der Waals surface area contributed by atoms with E-state index in [-0.39, 0.29) is 16.3 Å². The molecule has 1 rings (SSSR count). The maximum Gasteiger partial charge on any atom is 0.270 e. The van der Waals surface area contributed by atoms with E-state index in [1.54, 1.807) is 6.92 Å². The molecule has 82 valence electrons. The van der Waals surface area contributed by atoms with Crippen LogP contribution in [0.4, 0.5) is 5.69 Å². The second kappa shape index (κ2) is 3.98. The smallest absolute Gasteiger partial charge is 0.258 e. The molecule has 1 aromatic rings. The average Bonchev–Trinajstić information content (AvgIpc) is 2.17. The van der Waals surface area contributed by atoms with Crippen molar-refractivity contribution in [2.45, 2.75) is 18.7 Å². The van der Waals surface area contributed by atoms with Crippen LogP contribution in [0.15, 0.2) is 23.1 Å². The average molecular weight is 229 g/mol. The highest BCUT2D eigenvalue weighted by Crippen LogP contribution is 2.22. The van der Waals surface area contributed by atoms with E-state index in [4.69, 9.17) is 0 Å². The van der Waals surface area contributed by atoms with Gasteiger partial charge in [-0.15, -0.1) is 0 Å². The second-order valence-corrected chi connectivity index (χ2v) is 5.36. The minimum Gasteiger partial charge on any atom is -0.258 e. The van der Waals surface area contributed by atoms with Crippen LogP contribution in [0.5, 0.6) is 0 Å². The molecular weight excluding hydrogens is 218 g/mol. The van der Waals surface area contributed by atoms with Crippen molar-refractivity contribution in [1.82, 2.24) is 0 Å². The first-order valence-electron chi connectivity index (χ1n) is 4.36. The summed E-state index contributed by atoms with van der Waals surface area (Å²) < 4.78 is 23.1. The molecule has 6 heteroatoms. The van der Waals surface area contributed by atoms with E-state index in [0.717, 1.165) is 6.07 Å². The number of rotatable bonds is 3. The number of nitro benzene ring substituents is 1. The van der Waals surface area contributed by atoms with Gasteiger partial charge in [0.2, 0.25) is 0 Å². The molecule has 1 aromatic carbocycles. The quantitative estimate of drug-likeness (QED) is 0.583. The van der Waals surface area contributed by atoms with Crippen LogP contribution < -0.4 is 0 Å². The molecule has 0 atom stereocenters. The summed E-state index contributed by atoms with van der Waals surface area (Å²) in [6, 6.07) is 3.85. The number of hydrogen-bond donors (Lipinski definition) is 0. The third-order valence-corrected chi connectivity index (χ3v) is 3.97. The molecule has 0 heterocycles. The molecule has 0 saturated heterocycles. The molecule has 0 bridgehead atoms. The molecule has 0 amide bonds. The number of non-ortho nitro benzene ring substituents is 1. The Balaban J connectivity index is 3.42. The van der Waals surface area contributed by atoms with E-state index in [2.05, 4.69) is 0 Å². The molecule has 0 saturated carbocycles. The summed E-state index contributed by atoms with van der Waals surface area (Å²) in [7, 11) is -3.39. The van der Waals surface area contributed by atoms with Gasteiger partial charge in [-0.05, 0) is 12.5 Å². The summed E-state index contributed by atoms with van der Waals surface area (Å²) in [5.41, 5.74) is 0.329. The molecule has 0 radical (unpaired) electrons. The number of aryl methyl sites for hydroxylation is 1. The van der Waals surface area contributed by atoms with Gasteiger partial charge in [0, 0.05) is 12.1 Å². The lowest BCUT2D eigenvalue weighted by atomic mass is 10.2. The summed E-state index contributed by atoms with van der Waals surface area (Å²) in [5, 5.41) is 10.5. The first-order valence-corrected chi connectivity index (χ1v) is 6.01. The number of hydrogen-bond acceptors (Lipinski definition) is 4. The van der Waals surface area contributed by atoms with Crippen molar-refractivity contribution in [1.29, 1.82) is 0 Å². The van der Waals surface area contributed by atoms with Crippen LogP contribution in [0.2, 0.25) is 0 Å². The topological polar surface area (TPSA) is 77.3 Å². The molecule has 0 spiro atoms. The molecule has 0 unspecified atom stereocenters. The normalized spacial score (nSPS) is 11.3. The number of nitrogens with zero attached hydrogens (tertiary/aromatic N) is 1. The van der Waals surface area contributed by atoms with Gasteiger partial charge in [-0.1, -0.05) is 13.0 Å². The van der Waals surface area contributed by atoms with E-state index >= 15 is 0 Å². The molecule has 0 N–H and O–H groups in total. The van der Waals surface area contributed by atoms with Gasteiger partial charge in [0.15, 0.2) is 9.84 Å². The molecule has 0 aromatic heterocycles. The Hall–Kier alpha value is -1.43. The highest BCUT2D eigenvalue weighted by atomic mass is 32.2. The monoisotopic (exact) mass is 229 g/mol. The van der Waals surface area contributed by atoms with E-state index in [1.165, 1.54) is 19.1 Å². The van der Waals surface area contributed by atoms with Gasteiger partial charge in [-0.25, -0.2) is 8.42 Å². The van der Waals surface area contributed by atoms with Crippen molar-refractivity contribution in [2.24, 2.45) is 0 Å². The molecule has 0 aliphatic carbocycles. The third-order valence-electron chi connectivity index (χ3n) is 2.10. The lowest BCUT2D eigenvalue weighted by molar-refractivity contribution is -0.385. The van der Waals surface area contributed by atoms with E-state index in [9.17, 15) is 18.5 Å². The fraction of sp³-hybridized carbons (Fsp3) is 0.333. The van der Waals surface area contributed by atoms with Gasteiger partial charge in [0.1, 0.15) is 0 Å². The van der Waals surface area contributed by atoms with Gasteiger partial charge < -0.3 is 0 Å². The summed E-state index contributed by atoms with van der Waals surface area (Å²) in [5.74, 6) is -0.0605. The molecule has 0 aliphatic heterocycles. The second-order valence-electron chi connectivity index (χ2n) is 3.11. The largest absolute Gasteiger partial charge is 0.270 e. The minimum atomic E-state index is -3.39. The Morgan fingerprint density at radius 1 is 1.40 bits per heavy atom. The summed E-state index contributed by atoms with van der Waals surface area (Å²) in [6.07, 6.45) is 0. The van der Waals surface area contributed by atoms with Crippen molar-refractivity contribution in [3.8, 4) is 0 Å². The van der Waals surface area contributed by atoms with Crippen molar-refractivity contribution < 1.29 is 13.3 Å². The van der Waals surface area contributed by atoms with Gasteiger partial charge in [-0.3, -0.25) is 10.1 Å². The highest BCUT2D eigenvalue weighted by Gasteiger charge is 2.18. The Labute approximate surface area is 87.8 Å². The first kappa shape index (κ1) is 11.6. The van der Waals surface area contributed by atoms with Crippen LogP contribution in [-0.2, 0) is 9.84 Å². The predicted octanol–water partition coefficient (Wildman–Crippen LogP) is 1.70. The Morgan fingerprint density at radius 3 is 2.47 bits per heavy atom. The van der Waals surface area contributed by atoms with Crippen LogP contribution in [0, 0.1) is 17.0 Å². The summed E-state index contributed by atoms with van der Waals surface area (Å²) in [6.45, 7) is 3.12. The van der Waals surface area contributed by atoms with Crippen LogP contribution in [0.1, 0.15) is 12.5 Å².